The molecule has 1 N–H and O–H groups in total. The Morgan fingerprint density at radius 1 is 0.714 bits per heavy atom. The molecule has 0 unspecified atom stereocenters. The molecule has 0 saturated carbocycles. The van der Waals surface area contributed by atoms with Crippen LogP contribution in [0.3, 0.4) is 0 Å². The molecule has 0 radical (unpaired) electrons. The van der Waals surface area contributed by atoms with Crippen molar-refractivity contribution in [1.29, 1.82) is 0 Å². The first-order chi connectivity index (χ1) is 17.2. The molecule has 1 aromatic heterocycles. The molecule has 1 heterocycles. The third-order valence-electron chi connectivity index (χ3n) is 6.81. The molecule has 3 aromatic carbocycles. The zero-order valence-corrected chi connectivity index (χ0v) is 20.7. The molecule has 1 aliphatic carbocycles. The first kappa shape index (κ1) is 23.0. The minimum absolute atomic E-state index is 0.823. The fraction of sp³-hybridized carbons (Fsp3) is 0.300. The van der Waals surface area contributed by atoms with Gasteiger partial charge in [0.15, 0.2) is 0 Å². The van der Waals surface area contributed by atoms with Gasteiger partial charge in [0.25, 0.3) is 0 Å². The monoisotopic (exact) mass is 468 g/mol. The molecule has 0 bridgehead atoms. The summed E-state index contributed by atoms with van der Waals surface area (Å²) < 4.78 is 16.3. The highest BCUT2D eigenvalue weighted by atomic mass is 16.5. The molecule has 0 atom stereocenters. The van der Waals surface area contributed by atoms with Crippen molar-refractivity contribution in [3.63, 3.8) is 0 Å². The van der Waals surface area contributed by atoms with Crippen LogP contribution in [-0.4, -0.2) is 26.3 Å². The number of benzene rings is 3. The van der Waals surface area contributed by atoms with Crippen LogP contribution >= 0.6 is 0 Å². The quantitative estimate of drug-likeness (QED) is 0.313. The van der Waals surface area contributed by atoms with Gasteiger partial charge in [0.1, 0.15) is 17.2 Å². The molecule has 5 nitrogen and oxygen atoms in total. The van der Waals surface area contributed by atoms with Gasteiger partial charge in [0.2, 0.25) is 0 Å². The second-order valence-corrected chi connectivity index (χ2v) is 9.05. The lowest BCUT2D eigenvalue weighted by Gasteiger charge is -2.22. The van der Waals surface area contributed by atoms with Gasteiger partial charge in [0.05, 0.1) is 32.5 Å². The largest absolute Gasteiger partial charge is 0.497 e. The van der Waals surface area contributed by atoms with Crippen LogP contribution in [0.2, 0.25) is 0 Å². The molecule has 35 heavy (non-hydrogen) atoms. The summed E-state index contributed by atoms with van der Waals surface area (Å²) in [5.74, 6) is 2.49. The van der Waals surface area contributed by atoms with E-state index >= 15 is 0 Å². The van der Waals surface area contributed by atoms with Crippen LogP contribution in [0.15, 0.2) is 60.7 Å². The highest BCUT2D eigenvalue weighted by Gasteiger charge is 2.19. The first-order valence-corrected chi connectivity index (χ1v) is 12.2. The van der Waals surface area contributed by atoms with E-state index in [9.17, 15) is 0 Å². The van der Waals surface area contributed by atoms with E-state index in [2.05, 4.69) is 53.8 Å². The van der Waals surface area contributed by atoms with Gasteiger partial charge in [-0.3, -0.25) is 4.98 Å². The van der Waals surface area contributed by atoms with E-state index in [0.29, 0.717) is 0 Å². The van der Waals surface area contributed by atoms with Crippen molar-refractivity contribution in [3.8, 4) is 17.2 Å². The van der Waals surface area contributed by atoms with Crippen LogP contribution in [0.1, 0.15) is 35.2 Å². The Bertz CT molecular complexity index is 1310. The Morgan fingerprint density at radius 2 is 1.40 bits per heavy atom. The number of nitrogens with zero attached hydrogens (tertiary/aromatic N) is 1. The molecule has 0 fully saturated rings. The Morgan fingerprint density at radius 3 is 2.11 bits per heavy atom. The number of nitrogens with one attached hydrogen (secondary N) is 1. The van der Waals surface area contributed by atoms with Crippen molar-refractivity contribution in [2.45, 2.75) is 38.5 Å². The predicted molar refractivity (Wildman–Crippen MR) is 142 cm³/mol. The maximum atomic E-state index is 5.51. The third-order valence-corrected chi connectivity index (χ3v) is 6.81. The summed E-state index contributed by atoms with van der Waals surface area (Å²) in [6.45, 7) is 0. The number of hydrogen-bond donors (Lipinski definition) is 1. The average Bonchev–Trinajstić information content (AvgIpc) is 2.92. The van der Waals surface area contributed by atoms with Crippen molar-refractivity contribution >= 4 is 22.3 Å². The minimum atomic E-state index is 0.823. The van der Waals surface area contributed by atoms with E-state index in [1.807, 2.05) is 12.1 Å². The van der Waals surface area contributed by atoms with Crippen molar-refractivity contribution < 1.29 is 14.2 Å². The van der Waals surface area contributed by atoms with E-state index < -0.39 is 0 Å². The number of rotatable bonds is 8. The minimum Gasteiger partial charge on any atom is -0.497 e. The normalized spacial score (nSPS) is 12.8. The molecule has 5 heteroatoms. The van der Waals surface area contributed by atoms with Gasteiger partial charge in [-0.05, 0) is 97.7 Å². The van der Waals surface area contributed by atoms with Crippen molar-refractivity contribution in [3.05, 3.63) is 83.0 Å². The van der Waals surface area contributed by atoms with Gasteiger partial charge in [-0.1, -0.05) is 12.1 Å². The zero-order valence-electron chi connectivity index (χ0n) is 20.7. The van der Waals surface area contributed by atoms with Crippen molar-refractivity contribution in [1.82, 2.24) is 4.98 Å². The lowest BCUT2D eigenvalue weighted by atomic mass is 9.92. The van der Waals surface area contributed by atoms with E-state index in [1.165, 1.54) is 40.9 Å². The van der Waals surface area contributed by atoms with Crippen LogP contribution in [0, 0.1) is 0 Å². The second-order valence-electron chi connectivity index (χ2n) is 9.05. The Kier molecular flexibility index (Phi) is 6.75. The average molecular weight is 469 g/mol. The smallest absolute Gasteiger partial charge is 0.122 e. The molecule has 0 aliphatic heterocycles. The van der Waals surface area contributed by atoms with Crippen LogP contribution in [0.4, 0.5) is 11.4 Å². The number of methoxy groups -OCH3 is 3. The number of fused-ring (bicyclic) bond motifs is 2. The van der Waals surface area contributed by atoms with Crippen LogP contribution in [0.5, 0.6) is 17.2 Å². The van der Waals surface area contributed by atoms with Gasteiger partial charge in [0, 0.05) is 22.8 Å². The lowest BCUT2D eigenvalue weighted by Crippen LogP contribution is -2.09. The summed E-state index contributed by atoms with van der Waals surface area (Å²) in [5.41, 5.74) is 8.32. The summed E-state index contributed by atoms with van der Waals surface area (Å²) in [6.07, 6.45) is 6.37. The topological polar surface area (TPSA) is 52.6 Å². The number of aromatic nitrogens is 1. The summed E-state index contributed by atoms with van der Waals surface area (Å²) in [5, 5.41) is 4.84. The highest BCUT2D eigenvalue weighted by Crippen LogP contribution is 2.37. The summed E-state index contributed by atoms with van der Waals surface area (Å²) in [4.78, 5) is 4.97. The molecular formula is C30H32N2O3. The van der Waals surface area contributed by atoms with E-state index in [1.54, 1.807) is 21.3 Å². The molecule has 0 spiro atoms. The number of hydrogen-bond acceptors (Lipinski definition) is 5. The standard InChI is InChI=1S/C30H32N2O3/c1-33-23-14-15-29-27(19-23)30(26-6-4-5-7-28(26)32-29)31-22-12-10-20(11-13-22)8-9-21-16-24(34-2)18-25(17-21)35-3/h10-19H,4-9H2,1-3H3,(H,31,32). The highest BCUT2D eigenvalue weighted by molar-refractivity contribution is 5.96. The molecule has 4 aromatic rings. The number of anilines is 2. The summed E-state index contributed by atoms with van der Waals surface area (Å²) in [7, 11) is 5.08. The zero-order chi connectivity index (χ0) is 24.2. The lowest BCUT2D eigenvalue weighted by molar-refractivity contribution is 0.393. The fourth-order valence-corrected chi connectivity index (χ4v) is 4.87. The van der Waals surface area contributed by atoms with E-state index in [0.717, 1.165) is 59.5 Å². The van der Waals surface area contributed by atoms with Crippen molar-refractivity contribution in [2.75, 3.05) is 26.6 Å². The van der Waals surface area contributed by atoms with Gasteiger partial charge >= 0.3 is 0 Å². The Labute approximate surface area is 207 Å². The van der Waals surface area contributed by atoms with Gasteiger partial charge in [-0.2, -0.15) is 0 Å². The van der Waals surface area contributed by atoms with Gasteiger partial charge in [-0.15, -0.1) is 0 Å². The molecular weight excluding hydrogens is 436 g/mol. The fourth-order valence-electron chi connectivity index (χ4n) is 4.87. The Hall–Kier alpha value is -3.73. The molecule has 1 aliphatic rings. The molecule has 180 valence electrons. The van der Waals surface area contributed by atoms with E-state index in [4.69, 9.17) is 19.2 Å². The SMILES string of the molecule is COc1cc(CCc2ccc(Nc3c4c(nc5ccc(OC)cc35)CCCC4)cc2)cc(OC)c1. The number of ether oxygens (including phenoxy) is 3. The van der Waals surface area contributed by atoms with Crippen molar-refractivity contribution in [2.24, 2.45) is 0 Å². The maximum absolute atomic E-state index is 5.51. The molecule has 5 rings (SSSR count). The third kappa shape index (κ3) is 5.04. The van der Waals surface area contributed by atoms with E-state index in [-0.39, 0.29) is 0 Å². The summed E-state index contributed by atoms with van der Waals surface area (Å²) >= 11 is 0. The number of aryl methyl sites for hydroxylation is 3. The van der Waals surface area contributed by atoms with Crippen LogP contribution in [-0.2, 0) is 25.7 Å². The van der Waals surface area contributed by atoms with Crippen LogP contribution < -0.4 is 19.5 Å². The number of pyridine rings is 1. The predicted octanol–water partition coefficient (Wildman–Crippen LogP) is 6.67. The molecule has 0 saturated heterocycles. The van der Waals surface area contributed by atoms with Gasteiger partial charge in [-0.25, -0.2) is 0 Å². The molecule has 0 amide bonds. The summed E-state index contributed by atoms with van der Waals surface area (Å²) in [6, 6.07) is 20.9. The maximum Gasteiger partial charge on any atom is 0.122 e. The van der Waals surface area contributed by atoms with Gasteiger partial charge < -0.3 is 19.5 Å². The second kappa shape index (κ2) is 10.3. The Balaban J connectivity index is 1.37. The van der Waals surface area contributed by atoms with Crippen LogP contribution in [0.25, 0.3) is 10.9 Å². The first-order valence-electron chi connectivity index (χ1n) is 12.2.